The molecule has 1 atom stereocenters. The van der Waals surface area contributed by atoms with Gasteiger partial charge in [0.25, 0.3) is 5.91 Å². The summed E-state index contributed by atoms with van der Waals surface area (Å²) in [5.41, 5.74) is 1.91. The standard InChI is InChI=1S/C20H20N2O4/c1-25-20(24)18(11-14-12-21-17-10-6-5-9-16(14)17)22-19(23)13-26-15-7-3-2-4-8-15/h2-10,12,18,21H,11,13H2,1H3,(H,22,23)/t18-/m0/s1. The molecular weight excluding hydrogens is 332 g/mol. The third-order valence-electron chi connectivity index (χ3n) is 4.03. The normalized spacial score (nSPS) is 11.7. The SMILES string of the molecule is COC(=O)[C@H](Cc1c[nH]c2ccccc12)NC(=O)COc1ccccc1. The molecule has 26 heavy (non-hydrogen) atoms. The predicted octanol–water partition coefficient (Wildman–Crippen LogP) is 2.45. The molecule has 1 heterocycles. The number of nitrogens with one attached hydrogen (secondary N) is 2. The van der Waals surface area contributed by atoms with Crippen LogP contribution in [0.3, 0.4) is 0 Å². The highest BCUT2D eigenvalue weighted by Crippen LogP contribution is 2.19. The third kappa shape index (κ3) is 4.22. The number of ether oxygens (including phenoxy) is 2. The fraction of sp³-hybridized carbons (Fsp3) is 0.200. The number of H-pyrrole nitrogens is 1. The molecule has 0 fully saturated rings. The number of carbonyl (C=O) groups is 2. The van der Waals surface area contributed by atoms with Crippen LogP contribution in [0.2, 0.25) is 0 Å². The van der Waals surface area contributed by atoms with E-state index >= 15 is 0 Å². The van der Waals surface area contributed by atoms with Crippen LogP contribution in [0.4, 0.5) is 0 Å². The summed E-state index contributed by atoms with van der Waals surface area (Å²) >= 11 is 0. The molecule has 0 aliphatic rings. The number of rotatable bonds is 7. The zero-order valence-corrected chi connectivity index (χ0v) is 14.4. The van der Waals surface area contributed by atoms with Crippen LogP contribution < -0.4 is 10.1 Å². The van der Waals surface area contributed by atoms with Crippen molar-refractivity contribution in [2.75, 3.05) is 13.7 Å². The Morgan fingerprint density at radius 2 is 1.81 bits per heavy atom. The van der Waals surface area contributed by atoms with Crippen LogP contribution >= 0.6 is 0 Å². The minimum Gasteiger partial charge on any atom is -0.484 e. The highest BCUT2D eigenvalue weighted by Gasteiger charge is 2.23. The molecule has 6 nitrogen and oxygen atoms in total. The first kappa shape index (κ1) is 17.5. The minimum atomic E-state index is -0.786. The lowest BCUT2D eigenvalue weighted by atomic mass is 10.0. The molecule has 2 N–H and O–H groups in total. The van der Waals surface area contributed by atoms with Crippen LogP contribution in [-0.4, -0.2) is 36.6 Å². The number of aromatic nitrogens is 1. The number of para-hydroxylation sites is 2. The summed E-state index contributed by atoms with van der Waals surface area (Å²) in [7, 11) is 1.30. The third-order valence-corrected chi connectivity index (χ3v) is 4.03. The Hall–Kier alpha value is -3.28. The number of fused-ring (bicyclic) bond motifs is 1. The Morgan fingerprint density at radius 3 is 2.58 bits per heavy atom. The largest absolute Gasteiger partial charge is 0.484 e. The van der Waals surface area contributed by atoms with Gasteiger partial charge >= 0.3 is 5.97 Å². The van der Waals surface area contributed by atoms with Crippen molar-refractivity contribution in [3.05, 3.63) is 66.4 Å². The summed E-state index contributed by atoms with van der Waals surface area (Å²) in [6.45, 7) is -0.175. The van der Waals surface area contributed by atoms with Gasteiger partial charge in [0.1, 0.15) is 11.8 Å². The summed E-state index contributed by atoms with van der Waals surface area (Å²) in [6.07, 6.45) is 2.17. The van der Waals surface area contributed by atoms with Gasteiger partial charge in [0.15, 0.2) is 6.61 Å². The van der Waals surface area contributed by atoms with Crippen molar-refractivity contribution in [1.29, 1.82) is 0 Å². The smallest absolute Gasteiger partial charge is 0.328 e. The maximum absolute atomic E-state index is 12.2. The molecule has 134 valence electrons. The van der Waals surface area contributed by atoms with Crippen molar-refractivity contribution in [3.63, 3.8) is 0 Å². The first-order valence-electron chi connectivity index (χ1n) is 8.27. The number of amides is 1. The van der Waals surface area contributed by atoms with Crippen molar-refractivity contribution in [1.82, 2.24) is 10.3 Å². The molecule has 0 bridgehead atoms. The molecule has 1 amide bonds. The number of hydrogen-bond acceptors (Lipinski definition) is 4. The fourth-order valence-electron chi connectivity index (χ4n) is 2.76. The average molecular weight is 352 g/mol. The first-order chi connectivity index (χ1) is 12.7. The number of methoxy groups -OCH3 is 1. The number of esters is 1. The van der Waals surface area contributed by atoms with Gasteiger partial charge in [-0.1, -0.05) is 36.4 Å². The summed E-state index contributed by atoms with van der Waals surface area (Å²) < 4.78 is 10.2. The van der Waals surface area contributed by atoms with Gasteiger partial charge in [0, 0.05) is 23.5 Å². The van der Waals surface area contributed by atoms with Gasteiger partial charge in [-0.3, -0.25) is 4.79 Å². The Balaban J connectivity index is 1.66. The van der Waals surface area contributed by atoms with E-state index in [0.29, 0.717) is 12.2 Å². The van der Waals surface area contributed by atoms with Gasteiger partial charge in [-0.05, 0) is 23.8 Å². The second-order valence-corrected chi connectivity index (χ2v) is 5.81. The topological polar surface area (TPSA) is 80.4 Å². The van der Waals surface area contributed by atoms with Crippen LogP contribution in [0.5, 0.6) is 5.75 Å². The molecule has 2 aromatic carbocycles. The molecule has 3 aromatic rings. The molecular formula is C20H20N2O4. The second-order valence-electron chi connectivity index (χ2n) is 5.81. The molecule has 0 aliphatic carbocycles. The Morgan fingerprint density at radius 1 is 1.08 bits per heavy atom. The van der Waals surface area contributed by atoms with Gasteiger partial charge in [-0.2, -0.15) is 0 Å². The predicted molar refractivity (Wildman–Crippen MR) is 97.9 cm³/mol. The van der Waals surface area contributed by atoms with Gasteiger partial charge < -0.3 is 19.8 Å². The maximum atomic E-state index is 12.2. The molecule has 0 saturated heterocycles. The van der Waals surface area contributed by atoms with Crippen LogP contribution in [0.15, 0.2) is 60.8 Å². The molecule has 0 radical (unpaired) electrons. The van der Waals surface area contributed by atoms with Gasteiger partial charge in [0.05, 0.1) is 7.11 Å². The maximum Gasteiger partial charge on any atom is 0.328 e. The zero-order chi connectivity index (χ0) is 18.4. The minimum absolute atomic E-state index is 0.175. The molecule has 3 rings (SSSR count). The lowest BCUT2D eigenvalue weighted by Crippen LogP contribution is -2.44. The van der Waals surface area contributed by atoms with E-state index in [1.165, 1.54) is 7.11 Å². The first-order valence-corrected chi connectivity index (χ1v) is 8.27. The summed E-state index contributed by atoms with van der Waals surface area (Å²) in [5, 5.41) is 3.70. The monoisotopic (exact) mass is 352 g/mol. The molecule has 0 spiro atoms. The number of carbonyl (C=O) groups excluding carboxylic acids is 2. The van der Waals surface area contributed by atoms with Crippen molar-refractivity contribution >= 4 is 22.8 Å². The van der Waals surface area contributed by atoms with E-state index in [1.54, 1.807) is 12.1 Å². The molecule has 0 aliphatic heterocycles. The lowest BCUT2D eigenvalue weighted by Gasteiger charge is -2.16. The number of hydrogen-bond donors (Lipinski definition) is 2. The molecule has 0 saturated carbocycles. The number of benzene rings is 2. The van der Waals surface area contributed by atoms with Crippen molar-refractivity contribution in [2.45, 2.75) is 12.5 Å². The molecule has 6 heteroatoms. The van der Waals surface area contributed by atoms with Crippen LogP contribution in [0.1, 0.15) is 5.56 Å². The van der Waals surface area contributed by atoms with E-state index in [0.717, 1.165) is 16.5 Å². The van der Waals surface area contributed by atoms with E-state index in [4.69, 9.17) is 9.47 Å². The Kier molecular flexibility index (Phi) is 5.53. The second kappa shape index (κ2) is 8.20. The van der Waals surface area contributed by atoms with Gasteiger partial charge in [-0.15, -0.1) is 0 Å². The van der Waals surface area contributed by atoms with E-state index < -0.39 is 12.0 Å². The van der Waals surface area contributed by atoms with E-state index in [2.05, 4.69) is 10.3 Å². The Bertz CT molecular complexity index is 889. The number of aromatic amines is 1. The highest BCUT2D eigenvalue weighted by atomic mass is 16.5. The summed E-state index contributed by atoms with van der Waals surface area (Å²) in [4.78, 5) is 27.4. The van der Waals surface area contributed by atoms with E-state index in [9.17, 15) is 9.59 Å². The van der Waals surface area contributed by atoms with E-state index in [-0.39, 0.29) is 12.5 Å². The van der Waals surface area contributed by atoms with Crippen molar-refractivity contribution in [2.24, 2.45) is 0 Å². The average Bonchev–Trinajstić information content (AvgIpc) is 3.09. The van der Waals surface area contributed by atoms with Gasteiger partial charge in [-0.25, -0.2) is 4.79 Å². The molecule has 1 aromatic heterocycles. The summed E-state index contributed by atoms with van der Waals surface area (Å²) in [6, 6.07) is 16.0. The Labute approximate surface area is 151 Å². The van der Waals surface area contributed by atoms with Crippen LogP contribution in [0.25, 0.3) is 10.9 Å². The van der Waals surface area contributed by atoms with Crippen LogP contribution in [-0.2, 0) is 20.7 Å². The lowest BCUT2D eigenvalue weighted by molar-refractivity contribution is -0.145. The van der Waals surface area contributed by atoms with Crippen molar-refractivity contribution in [3.8, 4) is 5.75 Å². The highest BCUT2D eigenvalue weighted by molar-refractivity contribution is 5.87. The summed E-state index contributed by atoms with van der Waals surface area (Å²) in [5.74, 6) is -0.290. The van der Waals surface area contributed by atoms with E-state index in [1.807, 2.05) is 48.7 Å². The van der Waals surface area contributed by atoms with Gasteiger partial charge in [0.2, 0.25) is 0 Å². The quantitative estimate of drug-likeness (QED) is 0.640. The zero-order valence-electron chi connectivity index (χ0n) is 14.4. The van der Waals surface area contributed by atoms with Crippen LogP contribution in [0, 0.1) is 0 Å². The molecule has 0 unspecified atom stereocenters. The van der Waals surface area contributed by atoms with Crippen molar-refractivity contribution < 1.29 is 19.1 Å². The fourth-order valence-corrected chi connectivity index (χ4v) is 2.76.